The molecule has 6 heteroatoms. The van der Waals surface area contributed by atoms with Crippen LogP contribution in [0.2, 0.25) is 0 Å². The van der Waals surface area contributed by atoms with Crippen molar-refractivity contribution in [3.63, 3.8) is 0 Å². The third-order valence-corrected chi connectivity index (χ3v) is 4.29. The molecule has 0 bridgehead atoms. The van der Waals surface area contributed by atoms with Crippen LogP contribution in [0.3, 0.4) is 0 Å². The third kappa shape index (κ3) is 4.79. The van der Waals surface area contributed by atoms with Crippen molar-refractivity contribution < 1.29 is 14.0 Å². The van der Waals surface area contributed by atoms with E-state index in [0.717, 1.165) is 5.56 Å². The van der Waals surface area contributed by atoms with Crippen LogP contribution < -0.4 is 10.6 Å². The van der Waals surface area contributed by atoms with E-state index >= 15 is 0 Å². The Kier molecular flexibility index (Phi) is 6.11. The van der Waals surface area contributed by atoms with E-state index in [2.05, 4.69) is 15.6 Å². The van der Waals surface area contributed by atoms with Crippen molar-refractivity contribution in [3.8, 4) is 0 Å². The molecule has 0 saturated heterocycles. The maximum Gasteiger partial charge on any atom is 0.257 e. The molecule has 1 aromatic heterocycles. The molecule has 2 aromatic carbocycles. The van der Waals surface area contributed by atoms with Gasteiger partial charge in [0.1, 0.15) is 5.82 Å². The smallest absolute Gasteiger partial charge is 0.257 e. The van der Waals surface area contributed by atoms with Crippen molar-refractivity contribution in [1.82, 2.24) is 10.3 Å². The number of carbonyl (C=O) groups is 2. The predicted octanol–water partition coefficient (Wildman–Crippen LogP) is 3.75. The molecule has 2 N–H and O–H groups in total. The predicted molar refractivity (Wildman–Crippen MR) is 106 cm³/mol. The van der Waals surface area contributed by atoms with Gasteiger partial charge in [-0.1, -0.05) is 36.4 Å². The van der Waals surface area contributed by atoms with Crippen molar-refractivity contribution in [1.29, 1.82) is 0 Å². The first-order valence-electron chi connectivity index (χ1n) is 8.88. The molecule has 0 aliphatic carbocycles. The molecule has 0 unspecified atom stereocenters. The van der Waals surface area contributed by atoms with Crippen LogP contribution in [-0.2, 0) is 6.42 Å². The molecule has 3 rings (SSSR count). The Balaban J connectivity index is 1.62. The Morgan fingerprint density at radius 1 is 0.964 bits per heavy atom. The van der Waals surface area contributed by atoms with Crippen LogP contribution in [0, 0.1) is 12.7 Å². The average molecular weight is 377 g/mol. The Morgan fingerprint density at radius 2 is 1.64 bits per heavy atom. The fourth-order valence-corrected chi connectivity index (χ4v) is 2.71. The first-order valence-corrected chi connectivity index (χ1v) is 8.88. The molecule has 0 atom stereocenters. The number of rotatable bonds is 6. The number of aromatic nitrogens is 1. The van der Waals surface area contributed by atoms with Crippen LogP contribution in [0.4, 0.5) is 10.1 Å². The summed E-state index contributed by atoms with van der Waals surface area (Å²) in [4.78, 5) is 28.8. The lowest BCUT2D eigenvalue weighted by atomic mass is 10.1. The van der Waals surface area contributed by atoms with E-state index in [-0.39, 0.29) is 35.3 Å². The fraction of sp³-hybridized carbons (Fsp3) is 0.136. The SMILES string of the molecule is Cc1ccccc1NC(=O)c1cncc(C(=O)NCCc2ccccc2F)c1. The molecule has 0 radical (unpaired) electrons. The summed E-state index contributed by atoms with van der Waals surface area (Å²) in [5.41, 5.74) is 2.72. The summed E-state index contributed by atoms with van der Waals surface area (Å²) < 4.78 is 13.6. The van der Waals surface area contributed by atoms with Gasteiger partial charge in [0.15, 0.2) is 0 Å². The average Bonchev–Trinajstić information content (AvgIpc) is 2.71. The number of para-hydroxylation sites is 1. The molecule has 28 heavy (non-hydrogen) atoms. The number of nitrogens with one attached hydrogen (secondary N) is 2. The molecule has 0 aliphatic heterocycles. The van der Waals surface area contributed by atoms with Gasteiger partial charge < -0.3 is 10.6 Å². The maximum absolute atomic E-state index is 13.6. The zero-order valence-corrected chi connectivity index (χ0v) is 15.4. The van der Waals surface area contributed by atoms with Crippen LogP contribution in [0.15, 0.2) is 67.0 Å². The number of carbonyl (C=O) groups excluding carboxylic acids is 2. The molecular formula is C22H20FN3O2. The summed E-state index contributed by atoms with van der Waals surface area (Å²) in [6, 6.07) is 15.3. The van der Waals surface area contributed by atoms with Crippen molar-refractivity contribution >= 4 is 17.5 Å². The highest BCUT2D eigenvalue weighted by Crippen LogP contribution is 2.15. The molecule has 3 aromatic rings. The van der Waals surface area contributed by atoms with E-state index in [9.17, 15) is 14.0 Å². The van der Waals surface area contributed by atoms with Crippen molar-refractivity contribution in [2.75, 3.05) is 11.9 Å². The van der Waals surface area contributed by atoms with E-state index in [1.54, 1.807) is 24.3 Å². The molecule has 0 fully saturated rings. The third-order valence-electron chi connectivity index (χ3n) is 4.29. The van der Waals surface area contributed by atoms with Crippen LogP contribution in [0.25, 0.3) is 0 Å². The van der Waals surface area contributed by atoms with Crippen LogP contribution >= 0.6 is 0 Å². The minimum Gasteiger partial charge on any atom is -0.352 e. The van der Waals surface area contributed by atoms with Gasteiger partial charge in [-0.05, 0) is 42.7 Å². The summed E-state index contributed by atoms with van der Waals surface area (Å²) in [6.45, 7) is 2.17. The number of hydrogen-bond acceptors (Lipinski definition) is 3. The largest absolute Gasteiger partial charge is 0.352 e. The lowest BCUT2D eigenvalue weighted by Crippen LogP contribution is -2.26. The highest BCUT2D eigenvalue weighted by Gasteiger charge is 2.12. The Morgan fingerprint density at radius 3 is 2.39 bits per heavy atom. The quantitative estimate of drug-likeness (QED) is 0.687. The van der Waals surface area contributed by atoms with Crippen LogP contribution in [0.5, 0.6) is 0 Å². The summed E-state index contributed by atoms with van der Waals surface area (Å²) in [5, 5.41) is 5.53. The number of pyridine rings is 1. The van der Waals surface area contributed by atoms with Crippen molar-refractivity contribution in [3.05, 3.63) is 95.1 Å². The molecule has 0 saturated carbocycles. The number of amides is 2. The van der Waals surface area contributed by atoms with Crippen molar-refractivity contribution in [2.45, 2.75) is 13.3 Å². The molecule has 5 nitrogen and oxygen atoms in total. The second-order valence-electron chi connectivity index (χ2n) is 6.33. The first-order chi connectivity index (χ1) is 13.5. The monoisotopic (exact) mass is 377 g/mol. The number of aryl methyl sites for hydroxylation is 1. The van der Waals surface area contributed by atoms with Gasteiger partial charge in [-0.2, -0.15) is 0 Å². The van der Waals surface area contributed by atoms with E-state index in [0.29, 0.717) is 17.7 Å². The first kappa shape index (κ1) is 19.2. The maximum atomic E-state index is 13.6. The molecular weight excluding hydrogens is 357 g/mol. The normalized spacial score (nSPS) is 10.4. The van der Waals surface area contributed by atoms with Gasteiger partial charge >= 0.3 is 0 Å². The van der Waals surface area contributed by atoms with Gasteiger partial charge in [0, 0.05) is 24.6 Å². The zero-order valence-electron chi connectivity index (χ0n) is 15.4. The van der Waals surface area contributed by atoms with E-state index in [4.69, 9.17) is 0 Å². The Labute approximate surface area is 162 Å². The highest BCUT2D eigenvalue weighted by molar-refractivity contribution is 6.06. The second-order valence-corrected chi connectivity index (χ2v) is 6.33. The highest BCUT2D eigenvalue weighted by atomic mass is 19.1. The number of nitrogens with zero attached hydrogens (tertiary/aromatic N) is 1. The van der Waals surface area contributed by atoms with Gasteiger partial charge in [0.2, 0.25) is 0 Å². The number of anilines is 1. The number of benzene rings is 2. The second kappa shape index (κ2) is 8.90. The molecule has 142 valence electrons. The zero-order chi connectivity index (χ0) is 19.9. The standard InChI is InChI=1S/C22H20FN3O2/c1-15-6-2-5-9-20(15)26-22(28)18-12-17(13-24-14-18)21(27)25-11-10-16-7-3-4-8-19(16)23/h2-9,12-14H,10-11H2,1H3,(H,25,27)(H,26,28). The molecule has 2 amide bonds. The topological polar surface area (TPSA) is 71.1 Å². The number of hydrogen-bond donors (Lipinski definition) is 2. The minimum absolute atomic E-state index is 0.269. The Hall–Kier alpha value is -3.54. The summed E-state index contributed by atoms with van der Waals surface area (Å²) in [6.07, 6.45) is 3.17. The van der Waals surface area contributed by atoms with E-state index < -0.39 is 0 Å². The van der Waals surface area contributed by atoms with Gasteiger partial charge in [-0.25, -0.2) is 4.39 Å². The Bertz CT molecular complexity index is 1000. The lowest BCUT2D eigenvalue weighted by Gasteiger charge is -2.09. The number of halogens is 1. The van der Waals surface area contributed by atoms with Gasteiger partial charge in [-0.15, -0.1) is 0 Å². The summed E-state index contributed by atoms with van der Waals surface area (Å²) in [5.74, 6) is -1.01. The molecule has 0 spiro atoms. The van der Waals surface area contributed by atoms with Crippen LogP contribution in [-0.4, -0.2) is 23.3 Å². The van der Waals surface area contributed by atoms with E-state index in [1.165, 1.54) is 24.5 Å². The van der Waals surface area contributed by atoms with Gasteiger partial charge in [0.05, 0.1) is 11.1 Å². The van der Waals surface area contributed by atoms with Crippen LogP contribution in [0.1, 0.15) is 31.8 Å². The molecule has 1 heterocycles. The summed E-state index contributed by atoms with van der Waals surface area (Å²) in [7, 11) is 0. The lowest BCUT2D eigenvalue weighted by molar-refractivity contribution is 0.0953. The molecule has 0 aliphatic rings. The fourth-order valence-electron chi connectivity index (χ4n) is 2.71. The van der Waals surface area contributed by atoms with E-state index in [1.807, 2.05) is 25.1 Å². The van der Waals surface area contributed by atoms with Crippen molar-refractivity contribution in [2.24, 2.45) is 0 Å². The summed E-state index contributed by atoms with van der Waals surface area (Å²) >= 11 is 0. The minimum atomic E-state index is -0.366. The van der Waals surface area contributed by atoms with Gasteiger partial charge in [0.25, 0.3) is 11.8 Å². The van der Waals surface area contributed by atoms with Gasteiger partial charge in [-0.3, -0.25) is 14.6 Å².